The second-order valence-electron chi connectivity index (χ2n) is 4.48. The maximum Gasteiger partial charge on any atom is 0.322 e. The topological polar surface area (TPSA) is 56.3 Å². The number of benzene rings is 1. The van der Waals surface area contributed by atoms with Crippen LogP contribution < -0.4 is 10.1 Å². The van der Waals surface area contributed by atoms with Crippen molar-refractivity contribution in [2.24, 2.45) is 0 Å². The van der Waals surface area contributed by atoms with Crippen molar-refractivity contribution in [1.29, 1.82) is 0 Å². The van der Waals surface area contributed by atoms with E-state index in [0.717, 1.165) is 23.4 Å². The first-order chi connectivity index (χ1) is 9.72. The van der Waals surface area contributed by atoms with Gasteiger partial charge >= 0.3 is 6.01 Å². The molecule has 106 valence electrons. The largest absolute Gasteiger partial charge is 0.424 e. The Bertz CT molecular complexity index is 573. The van der Waals surface area contributed by atoms with Crippen LogP contribution in [-0.4, -0.2) is 24.1 Å². The van der Waals surface area contributed by atoms with E-state index in [-0.39, 0.29) is 0 Å². The van der Waals surface area contributed by atoms with Crippen LogP contribution in [0.2, 0.25) is 0 Å². The normalized spacial score (nSPS) is 10.6. The lowest BCUT2D eigenvalue weighted by Crippen LogP contribution is -2.08. The van der Waals surface area contributed by atoms with Gasteiger partial charge in [-0.1, -0.05) is 12.1 Å². The fourth-order valence-electron chi connectivity index (χ4n) is 1.85. The van der Waals surface area contributed by atoms with Crippen molar-refractivity contribution < 1.29 is 9.47 Å². The summed E-state index contributed by atoms with van der Waals surface area (Å²) in [6.45, 7) is 3.25. The first-order valence-corrected chi connectivity index (χ1v) is 6.45. The smallest absolute Gasteiger partial charge is 0.322 e. The van der Waals surface area contributed by atoms with Crippen molar-refractivity contribution in [3.8, 4) is 11.8 Å². The Balaban J connectivity index is 2.13. The molecular formula is C15H19N3O2. The van der Waals surface area contributed by atoms with Gasteiger partial charge in [-0.3, -0.25) is 0 Å². The Morgan fingerprint density at radius 1 is 1.30 bits per heavy atom. The summed E-state index contributed by atoms with van der Waals surface area (Å²) in [5.74, 6) is 0.709. The quantitative estimate of drug-likeness (QED) is 0.876. The summed E-state index contributed by atoms with van der Waals surface area (Å²) < 4.78 is 10.8. The lowest BCUT2D eigenvalue weighted by Gasteiger charge is -2.08. The molecule has 5 nitrogen and oxygen atoms in total. The fraction of sp³-hybridized carbons (Fsp3) is 0.333. The Labute approximate surface area is 119 Å². The minimum atomic E-state index is 0.358. The molecule has 2 rings (SSSR count). The standard InChI is InChI=1S/C15H19N3O2/c1-11-13(8-16-2)9-17-15(18-11)20-14-6-4-5-12(7-14)10-19-3/h4-7,9,16H,8,10H2,1-3H3. The number of aromatic nitrogens is 2. The highest BCUT2D eigenvalue weighted by atomic mass is 16.5. The SMILES string of the molecule is CNCc1cnc(Oc2cccc(COC)c2)nc1C. The Hall–Kier alpha value is -1.98. The van der Waals surface area contributed by atoms with Crippen LogP contribution >= 0.6 is 0 Å². The average molecular weight is 273 g/mol. The van der Waals surface area contributed by atoms with Gasteiger partial charge in [0.25, 0.3) is 0 Å². The molecule has 1 N–H and O–H groups in total. The van der Waals surface area contributed by atoms with E-state index in [2.05, 4.69) is 15.3 Å². The third-order valence-electron chi connectivity index (χ3n) is 2.84. The molecule has 5 heteroatoms. The van der Waals surface area contributed by atoms with Crippen molar-refractivity contribution in [3.05, 3.63) is 47.3 Å². The van der Waals surface area contributed by atoms with E-state index in [9.17, 15) is 0 Å². The zero-order valence-corrected chi connectivity index (χ0v) is 12.0. The second-order valence-corrected chi connectivity index (χ2v) is 4.48. The van der Waals surface area contributed by atoms with Gasteiger partial charge in [0.1, 0.15) is 5.75 Å². The molecule has 0 aliphatic carbocycles. The summed E-state index contributed by atoms with van der Waals surface area (Å²) >= 11 is 0. The minimum absolute atomic E-state index is 0.358. The van der Waals surface area contributed by atoms with Gasteiger partial charge in [-0.25, -0.2) is 4.98 Å². The molecule has 20 heavy (non-hydrogen) atoms. The monoisotopic (exact) mass is 273 g/mol. The number of nitrogens with zero attached hydrogens (tertiary/aromatic N) is 2. The van der Waals surface area contributed by atoms with Crippen LogP contribution in [0.4, 0.5) is 0 Å². The molecule has 0 saturated carbocycles. The van der Waals surface area contributed by atoms with Crippen LogP contribution in [0.5, 0.6) is 11.8 Å². The van der Waals surface area contributed by atoms with Crippen molar-refractivity contribution in [2.75, 3.05) is 14.2 Å². The number of aryl methyl sites for hydroxylation is 1. The summed E-state index contributed by atoms with van der Waals surface area (Å²) in [7, 11) is 3.56. The highest BCUT2D eigenvalue weighted by molar-refractivity contribution is 5.30. The van der Waals surface area contributed by atoms with Gasteiger partial charge < -0.3 is 14.8 Å². The number of nitrogens with one attached hydrogen (secondary N) is 1. The van der Waals surface area contributed by atoms with Crippen LogP contribution in [0, 0.1) is 6.92 Å². The molecule has 0 spiro atoms. The average Bonchev–Trinajstić information content (AvgIpc) is 2.43. The Morgan fingerprint density at radius 3 is 2.85 bits per heavy atom. The van der Waals surface area contributed by atoms with Crippen LogP contribution in [0.3, 0.4) is 0 Å². The zero-order valence-electron chi connectivity index (χ0n) is 12.0. The molecule has 1 heterocycles. The van der Waals surface area contributed by atoms with Gasteiger partial charge in [0.2, 0.25) is 0 Å². The predicted molar refractivity (Wildman–Crippen MR) is 76.8 cm³/mol. The molecule has 0 bridgehead atoms. The summed E-state index contributed by atoms with van der Waals surface area (Å²) in [5, 5.41) is 3.08. The Morgan fingerprint density at radius 2 is 2.15 bits per heavy atom. The van der Waals surface area contributed by atoms with Crippen molar-refractivity contribution in [2.45, 2.75) is 20.1 Å². The van der Waals surface area contributed by atoms with Gasteiger partial charge in [0.15, 0.2) is 0 Å². The van der Waals surface area contributed by atoms with Crippen LogP contribution in [-0.2, 0) is 17.9 Å². The van der Waals surface area contributed by atoms with Crippen LogP contribution in [0.15, 0.2) is 30.5 Å². The first kappa shape index (κ1) is 14.4. The summed E-state index contributed by atoms with van der Waals surface area (Å²) in [4.78, 5) is 8.58. The summed E-state index contributed by atoms with van der Waals surface area (Å²) in [6, 6.07) is 8.06. The maximum absolute atomic E-state index is 5.68. The number of hydrogen-bond acceptors (Lipinski definition) is 5. The maximum atomic E-state index is 5.68. The lowest BCUT2D eigenvalue weighted by atomic mass is 10.2. The summed E-state index contributed by atoms with van der Waals surface area (Å²) in [6.07, 6.45) is 1.78. The van der Waals surface area contributed by atoms with E-state index in [1.165, 1.54) is 0 Å². The van der Waals surface area contributed by atoms with E-state index < -0.39 is 0 Å². The summed E-state index contributed by atoms with van der Waals surface area (Å²) in [5.41, 5.74) is 3.03. The molecule has 0 aliphatic rings. The van der Waals surface area contributed by atoms with Gasteiger partial charge in [0.05, 0.1) is 6.61 Å². The molecule has 0 radical (unpaired) electrons. The number of rotatable bonds is 6. The number of methoxy groups -OCH3 is 1. The third kappa shape index (κ3) is 3.76. The van der Waals surface area contributed by atoms with E-state index in [1.807, 2.05) is 38.2 Å². The molecule has 1 aromatic carbocycles. The molecular weight excluding hydrogens is 254 g/mol. The van der Waals surface area contributed by atoms with Crippen LogP contribution in [0.1, 0.15) is 16.8 Å². The van der Waals surface area contributed by atoms with E-state index in [1.54, 1.807) is 13.3 Å². The van der Waals surface area contributed by atoms with Crippen LogP contribution in [0.25, 0.3) is 0 Å². The molecule has 0 amide bonds. The molecule has 0 saturated heterocycles. The van der Waals surface area contributed by atoms with Crippen molar-refractivity contribution in [3.63, 3.8) is 0 Å². The highest BCUT2D eigenvalue weighted by Crippen LogP contribution is 2.20. The number of ether oxygens (including phenoxy) is 2. The molecule has 0 atom stereocenters. The zero-order chi connectivity index (χ0) is 14.4. The second kappa shape index (κ2) is 6.98. The first-order valence-electron chi connectivity index (χ1n) is 6.45. The Kier molecular flexibility index (Phi) is 5.03. The molecule has 1 aromatic heterocycles. The molecule has 0 unspecified atom stereocenters. The van der Waals surface area contributed by atoms with Gasteiger partial charge in [0, 0.05) is 31.1 Å². The predicted octanol–water partition coefficient (Wildman–Crippen LogP) is 2.44. The number of hydrogen-bond donors (Lipinski definition) is 1. The molecule has 2 aromatic rings. The van der Waals surface area contributed by atoms with Crippen molar-refractivity contribution in [1.82, 2.24) is 15.3 Å². The lowest BCUT2D eigenvalue weighted by molar-refractivity contribution is 0.184. The third-order valence-corrected chi connectivity index (χ3v) is 2.84. The van der Waals surface area contributed by atoms with Gasteiger partial charge in [-0.05, 0) is 31.7 Å². The fourth-order valence-corrected chi connectivity index (χ4v) is 1.85. The van der Waals surface area contributed by atoms with Crippen molar-refractivity contribution >= 4 is 0 Å². The molecule has 0 fully saturated rings. The highest BCUT2D eigenvalue weighted by Gasteiger charge is 2.05. The minimum Gasteiger partial charge on any atom is -0.424 e. The van der Waals surface area contributed by atoms with E-state index >= 15 is 0 Å². The van der Waals surface area contributed by atoms with Gasteiger partial charge in [-0.2, -0.15) is 4.98 Å². The van der Waals surface area contributed by atoms with E-state index in [0.29, 0.717) is 18.4 Å². The van der Waals surface area contributed by atoms with E-state index in [4.69, 9.17) is 9.47 Å². The molecule has 0 aliphatic heterocycles. The van der Waals surface area contributed by atoms with Gasteiger partial charge in [-0.15, -0.1) is 0 Å².